The van der Waals surface area contributed by atoms with E-state index in [1.165, 1.54) is 38.3 Å². The molecule has 0 fully saturated rings. The Balaban J connectivity index is 1.95. The lowest BCUT2D eigenvalue weighted by atomic mass is 9.70. The summed E-state index contributed by atoms with van der Waals surface area (Å²) in [4.78, 5) is 4.75. The predicted octanol–water partition coefficient (Wildman–Crippen LogP) is 4.99. The minimum atomic E-state index is 0.0148. The van der Waals surface area contributed by atoms with Crippen LogP contribution >= 0.6 is 0 Å². The maximum atomic E-state index is 4.75. The molecule has 1 heteroatoms. The van der Waals surface area contributed by atoms with E-state index in [0.29, 0.717) is 0 Å². The molecule has 1 nitrogen and oxygen atoms in total. The Bertz CT molecular complexity index is 1200. The van der Waals surface area contributed by atoms with E-state index in [0.717, 1.165) is 18.5 Å². The zero-order valence-electron chi connectivity index (χ0n) is 17.2. The van der Waals surface area contributed by atoms with Crippen LogP contribution in [0.1, 0.15) is 50.9 Å². The minimum Gasteiger partial charge on any atom is -0.257 e. The summed E-state index contributed by atoms with van der Waals surface area (Å²) in [5.41, 5.74) is 8.39. The summed E-state index contributed by atoms with van der Waals surface area (Å²) in [6, 6.07) is 19.9. The van der Waals surface area contributed by atoms with E-state index in [1.54, 1.807) is 0 Å². The molecular weight excluding hydrogens is 338 g/mol. The molecule has 0 amide bonds. The first-order valence-corrected chi connectivity index (χ1v) is 10.3. The van der Waals surface area contributed by atoms with Crippen LogP contribution in [-0.4, -0.2) is 4.98 Å². The Kier molecular flexibility index (Phi) is 3.68. The number of aromatic nitrogens is 1. The third kappa shape index (κ3) is 2.64. The van der Waals surface area contributed by atoms with E-state index < -0.39 is 0 Å². The molecule has 0 aliphatic heterocycles. The topological polar surface area (TPSA) is 12.9 Å². The first-order chi connectivity index (χ1) is 13.4. The molecule has 0 N–H and O–H groups in total. The minimum absolute atomic E-state index is 0.0148. The maximum Gasteiger partial charge on any atom is 0.0668 e. The van der Waals surface area contributed by atoms with Gasteiger partial charge in [-0.2, -0.15) is 0 Å². The second kappa shape index (κ2) is 5.91. The lowest BCUT2D eigenvalue weighted by molar-refractivity contribution is 0.365. The SMILES string of the molecule is CC1(C)CC(c2ccccn2)=c2c(ccc3c2=CC(C)(C)c2ccccc2-3)C1. The average Bonchev–Trinajstić information content (AvgIpc) is 2.67. The molecule has 0 spiro atoms. The molecule has 1 heterocycles. The summed E-state index contributed by atoms with van der Waals surface area (Å²) in [5, 5.41) is 2.83. The largest absolute Gasteiger partial charge is 0.257 e. The lowest BCUT2D eigenvalue weighted by Crippen LogP contribution is -2.42. The van der Waals surface area contributed by atoms with E-state index in [4.69, 9.17) is 4.98 Å². The van der Waals surface area contributed by atoms with E-state index in [2.05, 4.69) is 82.3 Å². The molecule has 140 valence electrons. The molecule has 0 saturated carbocycles. The quantitative estimate of drug-likeness (QED) is 0.592. The van der Waals surface area contributed by atoms with Gasteiger partial charge in [0.05, 0.1) is 5.69 Å². The molecule has 28 heavy (non-hydrogen) atoms. The van der Waals surface area contributed by atoms with Crippen molar-refractivity contribution in [2.24, 2.45) is 5.41 Å². The van der Waals surface area contributed by atoms with Gasteiger partial charge in [-0.15, -0.1) is 0 Å². The van der Waals surface area contributed by atoms with Crippen LogP contribution in [-0.2, 0) is 11.8 Å². The van der Waals surface area contributed by atoms with Crippen molar-refractivity contribution < 1.29 is 0 Å². The van der Waals surface area contributed by atoms with Crippen molar-refractivity contribution in [1.29, 1.82) is 0 Å². The third-order valence-electron chi connectivity index (χ3n) is 6.35. The van der Waals surface area contributed by atoms with Crippen LogP contribution < -0.4 is 10.4 Å². The third-order valence-corrected chi connectivity index (χ3v) is 6.35. The predicted molar refractivity (Wildman–Crippen MR) is 117 cm³/mol. The van der Waals surface area contributed by atoms with Crippen molar-refractivity contribution in [3.05, 3.63) is 88.1 Å². The fourth-order valence-corrected chi connectivity index (χ4v) is 5.18. The summed E-state index contributed by atoms with van der Waals surface area (Å²) in [7, 11) is 0. The standard InChI is InChI=1S/C27H27N/c1-26(2)15-18-12-13-19-20-9-5-6-10-23(20)27(3,4)17-21(19)25(18)22(16-26)24-11-7-8-14-28-24/h5-14,17H,15-16H2,1-4H3. The van der Waals surface area contributed by atoms with Gasteiger partial charge >= 0.3 is 0 Å². The van der Waals surface area contributed by atoms with Gasteiger partial charge in [-0.1, -0.05) is 76.2 Å². The Morgan fingerprint density at radius 2 is 1.57 bits per heavy atom. The summed E-state index contributed by atoms with van der Waals surface area (Å²) in [6.07, 6.45) is 6.58. The molecule has 1 aromatic heterocycles. The Labute approximate surface area is 167 Å². The van der Waals surface area contributed by atoms with Gasteiger partial charge in [0.2, 0.25) is 0 Å². The fourth-order valence-electron chi connectivity index (χ4n) is 5.18. The monoisotopic (exact) mass is 365 g/mol. The van der Waals surface area contributed by atoms with Crippen LogP contribution in [0.25, 0.3) is 22.8 Å². The van der Waals surface area contributed by atoms with Gasteiger partial charge in [0.1, 0.15) is 0 Å². The van der Waals surface area contributed by atoms with Gasteiger partial charge in [0.15, 0.2) is 0 Å². The number of hydrogen-bond acceptors (Lipinski definition) is 1. The molecule has 0 atom stereocenters. The van der Waals surface area contributed by atoms with Crippen molar-refractivity contribution in [2.45, 2.75) is 46.0 Å². The molecule has 2 aliphatic carbocycles. The highest BCUT2D eigenvalue weighted by Crippen LogP contribution is 2.38. The van der Waals surface area contributed by atoms with Crippen LogP contribution in [0.5, 0.6) is 0 Å². The second-order valence-corrected chi connectivity index (χ2v) is 9.68. The molecule has 2 aromatic carbocycles. The van der Waals surface area contributed by atoms with Gasteiger partial charge in [-0.3, -0.25) is 4.98 Å². The van der Waals surface area contributed by atoms with Crippen molar-refractivity contribution in [1.82, 2.24) is 4.98 Å². The highest BCUT2D eigenvalue weighted by atomic mass is 14.7. The highest BCUT2D eigenvalue weighted by Gasteiger charge is 2.31. The number of hydrogen-bond donors (Lipinski definition) is 0. The summed E-state index contributed by atoms with van der Waals surface area (Å²) < 4.78 is 0. The molecular formula is C27H27N. The van der Waals surface area contributed by atoms with Crippen molar-refractivity contribution >= 4 is 11.6 Å². The van der Waals surface area contributed by atoms with E-state index in [9.17, 15) is 0 Å². The highest BCUT2D eigenvalue weighted by molar-refractivity contribution is 5.79. The van der Waals surface area contributed by atoms with Crippen molar-refractivity contribution in [3.63, 3.8) is 0 Å². The van der Waals surface area contributed by atoms with Gasteiger partial charge < -0.3 is 0 Å². The normalized spacial score (nSPS) is 18.5. The molecule has 5 rings (SSSR count). The molecule has 0 radical (unpaired) electrons. The van der Waals surface area contributed by atoms with E-state index >= 15 is 0 Å². The average molecular weight is 366 g/mol. The van der Waals surface area contributed by atoms with Gasteiger partial charge in [-0.05, 0) is 68.7 Å². The number of benzene rings is 2. The van der Waals surface area contributed by atoms with Crippen molar-refractivity contribution in [3.8, 4) is 11.1 Å². The van der Waals surface area contributed by atoms with E-state index in [1.807, 2.05) is 12.3 Å². The first kappa shape index (κ1) is 17.4. The van der Waals surface area contributed by atoms with Crippen LogP contribution in [0, 0.1) is 5.41 Å². The Hall–Kier alpha value is -2.67. The summed E-state index contributed by atoms with van der Waals surface area (Å²) in [6.45, 7) is 9.42. The maximum absolute atomic E-state index is 4.75. The zero-order chi connectivity index (χ0) is 19.5. The molecule has 3 aromatic rings. The summed E-state index contributed by atoms with van der Waals surface area (Å²) >= 11 is 0. The van der Waals surface area contributed by atoms with Crippen LogP contribution in [0.4, 0.5) is 0 Å². The molecule has 0 unspecified atom stereocenters. The smallest absolute Gasteiger partial charge is 0.0668 e. The van der Waals surface area contributed by atoms with Gasteiger partial charge in [0.25, 0.3) is 0 Å². The number of pyridine rings is 1. The second-order valence-electron chi connectivity index (χ2n) is 9.68. The molecule has 0 saturated heterocycles. The molecule has 0 bridgehead atoms. The van der Waals surface area contributed by atoms with Crippen LogP contribution in [0.3, 0.4) is 0 Å². The number of nitrogens with zero attached hydrogens (tertiary/aromatic N) is 1. The number of rotatable bonds is 1. The summed E-state index contributed by atoms with van der Waals surface area (Å²) in [5.74, 6) is 0. The Morgan fingerprint density at radius 3 is 2.36 bits per heavy atom. The first-order valence-electron chi connectivity index (χ1n) is 10.3. The van der Waals surface area contributed by atoms with E-state index in [-0.39, 0.29) is 10.8 Å². The van der Waals surface area contributed by atoms with Crippen LogP contribution in [0.15, 0.2) is 60.8 Å². The number of fused-ring (bicyclic) bond motifs is 5. The van der Waals surface area contributed by atoms with Gasteiger partial charge in [0, 0.05) is 11.6 Å². The van der Waals surface area contributed by atoms with Crippen LogP contribution in [0.2, 0.25) is 0 Å². The lowest BCUT2D eigenvalue weighted by Gasteiger charge is -2.34. The Morgan fingerprint density at radius 1 is 0.786 bits per heavy atom. The molecule has 2 aliphatic rings. The zero-order valence-corrected chi connectivity index (χ0v) is 17.2. The van der Waals surface area contributed by atoms with Crippen molar-refractivity contribution in [2.75, 3.05) is 0 Å². The fraction of sp³-hybridized carbons (Fsp3) is 0.296. The van der Waals surface area contributed by atoms with Gasteiger partial charge in [-0.25, -0.2) is 0 Å².